The molecule has 0 spiro atoms. The van der Waals surface area contributed by atoms with Crippen LogP contribution >= 0.6 is 0 Å². The predicted molar refractivity (Wildman–Crippen MR) is 122 cm³/mol. The smallest absolute Gasteiger partial charge is 0.0582 e. The number of hydrogen-bond donors (Lipinski definition) is 1. The Labute approximate surface area is 168 Å². The van der Waals surface area contributed by atoms with Crippen molar-refractivity contribution in [2.75, 3.05) is 0 Å². The van der Waals surface area contributed by atoms with Gasteiger partial charge in [-0.15, -0.1) is 0 Å². The Kier molecular flexibility index (Phi) is 2.60. The molecular formula is C27H20N2. The maximum Gasteiger partial charge on any atom is 0.0582 e. The summed E-state index contributed by atoms with van der Waals surface area (Å²) in [6.07, 6.45) is 0. The molecule has 2 nitrogen and oxygen atoms in total. The SMILES string of the molecule is CC1(C)c2ccccc2-n2c3ccc4[nH]c5ccccc5c4c3c3cccc1c32. The van der Waals surface area contributed by atoms with Gasteiger partial charge in [-0.25, -0.2) is 0 Å². The topological polar surface area (TPSA) is 20.7 Å². The molecular weight excluding hydrogens is 352 g/mol. The first-order chi connectivity index (χ1) is 14.2. The summed E-state index contributed by atoms with van der Waals surface area (Å²) >= 11 is 0. The van der Waals surface area contributed by atoms with Gasteiger partial charge in [-0.3, -0.25) is 0 Å². The van der Waals surface area contributed by atoms with E-state index in [0.717, 1.165) is 0 Å². The molecule has 2 heteroatoms. The number of hydrogen-bond acceptors (Lipinski definition) is 0. The Balaban J connectivity index is 1.83. The highest BCUT2D eigenvalue weighted by atomic mass is 15.0. The largest absolute Gasteiger partial charge is 0.354 e. The van der Waals surface area contributed by atoms with Crippen LogP contribution in [0.15, 0.2) is 78.9 Å². The van der Waals surface area contributed by atoms with Crippen molar-refractivity contribution in [2.45, 2.75) is 19.3 Å². The van der Waals surface area contributed by atoms with E-state index in [0.29, 0.717) is 0 Å². The van der Waals surface area contributed by atoms with Gasteiger partial charge in [0.15, 0.2) is 0 Å². The number of benzene rings is 4. The number of fused-ring (bicyclic) bond motifs is 9. The molecule has 138 valence electrons. The lowest BCUT2D eigenvalue weighted by Gasteiger charge is -2.34. The number of aromatic nitrogens is 2. The number of rotatable bonds is 0. The van der Waals surface area contributed by atoms with Gasteiger partial charge in [0.05, 0.1) is 16.7 Å². The van der Waals surface area contributed by atoms with Crippen molar-refractivity contribution < 1.29 is 0 Å². The van der Waals surface area contributed by atoms with Crippen molar-refractivity contribution in [2.24, 2.45) is 0 Å². The van der Waals surface area contributed by atoms with Crippen LogP contribution in [-0.2, 0) is 5.41 Å². The van der Waals surface area contributed by atoms with Crippen LogP contribution in [0.1, 0.15) is 25.0 Å². The van der Waals surface area contributed by atoms with E-state index in [9.17, 15) is 0 Å². The number of H-pyrrole nitrogens is 1. The fraction of sp³-hybridized carbons (Fsp3) is 0.111. The Bertz CT molecular complexity index is 1630. The second kappa shape index (κ2) is 4.90. The van der Waals surface area contributed by atoms with Gasteiger partial charge in [0.1, 0.15) is 0 Å². The maximum absolute atomic E-state index is 3.62. The zero-order chi connectivity index (χ0) is 19.3. The molecule has 0 amide bonds. The van der Waals surface area contributed by atoms with Crippen molar-refractivity contribution >= 4 is 43.6 Å². The summed E-state index contributed by atoms with van der Waals surface area (Å²) in [6.45, 7) is 4.70. The summed E-state index contributed by atoms with van der Waals surface area (Å²) in [4.78, 5) is 3.62. The molecule has 1 aliphatic heterocycles. The van der Waals surface area contributed by atoms with E-state index < -0.39 is 0 Å². The lowest BCUT2D eigenvalue weighted by atomic mass is 9.75. The van der Waals surface area contributed by atoms with E-state index in [4.69, 9.17) is 0 Å². The molecule has 0 aliphatic carbocycles. The Morgan fingerprint density at radius 1 is 0.655 bits per heavy atom. The van der Waals surface area contributed by atoms with Crippen LogP contribution in [0.25, 0.3) is 49.3 Å². The summed E-state index contributed by atoms with van der Waals surface area (Å²) in [6, 6.07) is 28.9. The Morgan fingerprint density at radius 2 is 1.41 bits per heavy atom. The average Bonchev–Trinajstić information content (AvgIpc) is 3.28. The molecule has 0 unspecified atom stereocenters. The minimum Gasteiger partial charge on any atom is -0.354 e. The van der Waals surface area contributed by atoms with Crippen molar-refractivity contribution in [1.29, 1.82) is 0 Å². The zero-order valence-electron chi connectivity index (χ0n) is 16.5. The molecule has 4 aromatic carbocycles. The van der Waals surface area contributed by atoms with Crippen molar-refractivity contribution in [3.8, 4) is 5.69 Å². The van der Waals surface area contributed by atoms with E-state index in [1.165, 1.54) is 60.4 Å². The predicted octanol–water partition coefficient (Wildman–Crippen LogP) is 7.06. The van der Waals surface area contributed by atoms with Crippen LogP contribution in [0, 0.1) is 0 Å². The summed E-state index contributed by atoms with van der Waals surface area (Å²) in [7, 11) is 0. The third kappa shape index (κ3) is 1.69. The molecule has 7 rings (SSSR count). The average molecular weight is 372 g/mol. The van der Waals surface area contributed by atoms with Crippen molar-refractivity contribution in [1.82, 2.24) is 9.55 Å². The first-order valence-electron chi connectivity index (χ1n) is 10.2. The van der Waals surface area contributed by atoms with Gasteiger partial charge in [0.2, 0.25) is 0 Å². The zero-order valence-corrected chi connectivity index (χ0v) is 16.5. The van der Waals surface area contributed by atoms with Gasteiger partial charge in [0.25, 0.3) is 0 Å². The first kappa shape index (κ1) is 15.4. The highest BCUT2D eigenvalue weighted by Crippen LogP contribution is 2.49. The minimum absolute atomic E-state index is 0.0280. The lowest BCUT2D eigenvalue weighted by molar-refractivity contribution is 0.630. The Morgan fingerprint density at radius 3 is 2.34 bits per heavy atom. The third-order valence-electron chi connectivity index (χ3n) is 6.91. The molecule has 3 heterocycles. The number of para-hydroxylation sites is 3. The fourth-order valence-electron chi connectivity index (χ4n) is 5.59. The molecule has 29 heavy (non-hydrogen) atoms. The van der Waals surface area contributed by atoms with Gasteiger partial charge in [0, 0.05) is 38.0 Å². The number of aromatic amines is 1. The molecule has 0 radical (unpaired) electrons. The molecule has 1 N–H and O–H groups in total. The quantitative estimate of drug-likeness (QED) is 0.295. The third-order valence-corrected chi connectivity index (χ3v) is 6.91. The van der Waals surface area contributed by atoms with E-state index in [-0.39, 0.29) is 5.41 Å². The summed E-state index contributed by atoms with van der Waals surface area (Å²) in [5.41, 5.74) is 9.10. The first-order valence-corrected chi connectivity index (χ1v) is 10.2. The second-order valence-corrected chi connectivity index (χ2v) is 8.73. The lowest BCUT2D eigenvalue weighted by Crippen LogP contribution is -2.26. The standard InChI is InChI=1S/C27H20N2/c1-27(2)18-10-4-6-13-22(18)29-23-15-14-21-24(16-8-3-5-12-20(16)28-21)25(23)17-9-7-11-19(27)26(17)29/h3-15,28H,1-2H3. The summed E-state index contributed by atoms with van der Waals surface area (Å²) < 4.78 is 2.49. The number of nitrogens with one attached hydrogen (secondary N) is 1. The van der Waals surface area contributed by atoms with Gasteiger partial charge in [-0.05, 0) is 35.4 Å². The molecule has 2 aromatic heterocycles. The Hall–Kier alpha value is -3.52. The highest BCUT2D eigenvalue weighted by Gasteiger charge is 2.35. The van der Waals surface area contributed by atoms with Gasteiger partial charge in [-0.1, -0.05) is 68.4 Å². The molecule has 6 aromatic rings. The van der Waals surface area contributed by atoms with E-state index in [1.54, 1.807) is 0 Å². The molecule has 1 aliphatic rings. The summed E-state index contributed by atoms with van der Waals surface area (Å²) in [5.74, 6) is 0. The van der Waals surface area contributed by atoms with Crippen LogP contribution in [0.5, 0.6) is 0 Å². The van der Waals surface area contributed by atoms with E-state index in [1.807, 2.05) is 0 Å². The van der Waals surface area contributed by atoms with Crippen molar-refractivity contribution in [3.05, 3.63) is 90.0 Å². The molecule has 0 saturated heterocycles. The molecule has 0 atom stereocenters. The summed E-state index contributed by atoms with van der Waals surface area (Å²) in [5, 5.41) is 5.32. The van der Waals surface area contributed by atoms with Crippen LogP contribution in [0.3, 0.4) is 0 Å². The maximum atomic E-state index is 3.62. The molecule has 0 fully saturated rings. The normalized spacial score (nSPS) is 14.8. The minimum atomic E-state index is -0.0280. The monoisotopic (exact) mass is 372 g/mol. The van der Waals surface area contributed by atoms with Crippen LogP contribution in [0.2, 0.25) is 0 Å². The van der Waals surface area contributed by atoms with E-state index in [2.05, 4.69) is 102 Å². The van der Waals surface area contributed by atoms with E-state index >= 15 is 0 Å². The van der Waals surface area contributed by atoms with Crippen molar-refractivity contribution in [3.63, 3.8) is 0 Å². The van der Waals surface area contributed by atoms with Crippen LogP contribution in [-0.4, -0.2) is 9.55 Å². The molecule has 0 saturated carbocycles. The fourth-order valence-corrected chi connectivity index (χ4v) is 5.59. The van der Waals surface area contributed by atoms with Crippen LogP contribution < -0.4 is 0 Å². The van der Waals surface area contributed by atoms with Crippen LogP contribution in [0.4, 0.5) is 0 Å². The second-order valence-electron chi connectivity index (χ2n) is 8.73. The van der Waals surface area contributed by atoms with Gasteiger partial charge < -0.3 is 9.55 Å². The van der Waals surface area contributed by atoms with Gasteiger partial charge >= 0.3 is 0 Å². The van der Waals surface area contributed by atoms with Gasteiger partial charge in [-0.2, -0.15) is 0 Å². The highest BCUT2D eigenvalue weighted by molar-refractivity contribution is 6.28. The molecule has 0 bridgehead atoms. The number of nitrogens with zero attached hydrogens (tertiary/aromatic N) is 1.